The normalized spacial score (nSPS) is 22.0. The Labute approximate surface area is 118 Å². The largest absolute Gasteiger partial charge is 0.366 e. The van der Waals surface area contributed by atoms with E-state index in [1.165, 1.54) is 5.56 Å². The zero-order chi connectivity index (χ0) is 13.6. The zero-order valence-electron chi connectivity index (χ0n) is 11.7. The van der Waals surface area contributed by atoms with E-state index in [9.17, 15) is 0 Å². The Morgan fingerprint density at radius 2 is 1.78 bits per heavy atom. The third-order valence-corrected chi connectivity index (χ3v) is 4.04. The summed E-state index contributed by atoms with van der Waals surface area (Å²) in [6, 6.07) is 2.02. The highest BCUT2D eigenvalue weighted by atomic mass is 79.9. The minimum absolute atomic E-state index is 0.160. The van der Waals surface area contributed by atoms with Gasteiger partial charge in [0.25, 0.3) is 0 Å². The number of aryl methyl sites for hydroxylation is 1. The van der Waals surface area contributed by atoms with Crippen molar-refractivity contribution in [1.29, 1.82) is 0 Å². The number of aromatic nitrogens is 1. The van der Waals surface area contributed by atoms with Crippen LogP contribution >= 0.6 is 15.9 Å². The van der Waals surface area contributed by atoms with Crippen LogP contribution in [0.2, 0.25) is 0 Å². The van der Waals surface area contributed by atoms with E-state index in [1.54, 1.807) is 0 Å². The molecule has 1 fully saturated rings. The van der Waals surface area contributed by atoms with Crippen molar-refractivity contribution in [2.75, 3.05) is 18.0 Å². The molecule has 0 unspecified atom stereocenters. The number of hydrogen-bond donors (Lipinski definition) is 0. The molecule has 4 heteroatoms. The van der Waals surface area contributed by atoms with E-state index < -0.39 is 0 Å². The zero-order valence-corrected chi connectivity index (χ0v) is 13.3. The second kappa shape index (κ2) is 4.49. The van der Waals surface area contributed by atoms with Crippen molar-refractivity contribution < 1.29 is 4.74 Å². The molecule has 0 bridgehead atoms. The van der Waals surface area contributed by atoms with E-state index >= 15 is 0 Å². The van der Waals surface area contributed by atoms with Gasteiger partial charge in [-0.15, -0.1) is 0 Å². The number of anilines is 1. The number of nitrogens with zero attached hydrogens (tertiary/aromatic N) is 2. The minimum Gasteiger partial charge on any atom is -0.366 e. The summed E-state index contributed by atoms with van der Waals surface area (Å²) in [5.41, 5.74) is 0.890. The van der Waals surface area contributed by atoms with E-state index in [0.29, 0.717) is 0 Å². The van der Waals surface area contributed by atoms with Crippen LogP contribution in [0.15, 0.2) is 16.7 Å². The first-order valence-electron chi connectivity index (χ1n) is 6.26. The Balaban J connectivity index is 2.36. The van der Waals surface area contributed by atoms with Crippen LogP contribution in [0, 0.1) is 6.92 Å². The molecule has 1 aliphatic heterocycles. The summed E-state index contributed by atoms with van der Waals surface area (Å²) >= 11 is 3.65. The van der Waals surface area contributed by atoms with Crippen molar-refractivity contribution in [3.8, 4) is 0 Å². The van der Waals surface area contributed by atoms with Gasteiger partial charge in [0.15, 0.2) is 0 Å². The Bertz CT molecular complexity index is 441. The molecule has 1 aromatic rings. The summed E-state index contributed by atoms with van der Waals surface area (Å²) in [5, 5.41) is 0. The summed E-state index contributed by atoms with van der Waals surface area (Å²) in [6.07, 6.45) is 1.87. The van der Waals surface area contributed by atoms with Crippen LogP contribution in [-0.2, 0) is 4.74 Å². The first-order chi connectivity index (χ1) is 8.20. The van der Waals surface area contributed by atoms with Gasteiger partial charge in [0.2, 0.25) is 0 Å². The molecule has 1 saturated heterocycles. The van der Waals surface area contributed by atoms with Gasteiger partial charge in [0.05, 0.1) is 15.7 Å². The van der Waals surface area contributed by atoms with Crippen LogP contribution < -0.4 is 4.90 Å². The Morgan fingerprint density at radius 3 is 2.33 bits per heavy atom. The van der Waals surface area contributed by atoms with Crippen molar-refractivity contribution in [2.45, 2.75) is 45.8 Å². The molecule has 0 radical (unpaired) electrons. The molecule has 1 aromatic heterocycles. The first-order valence-corrected chi connectivity index (χ1v) is 7.06. The number of rotatable bonds is 1. The van der Waals surface area contributed by atoms with Gasteiger partial charge in [-0.05, 0) is 62.2 Å². The van der Waals surface area contributed by atoms with Crippen molar-refractivity contribution in [3.05, 3.63) is 22.3 Å². The fourth-order valence-corrected chi connectivity index (χ4v) is 3.17. The van der Waals surface area contributed by atoms with Crippen molar-refractivity contribution in [1.82, 2.24) is 4.98 Å². The lowest BCUT2D eigenvalue weighted by molar-refractivity contribution is -0.133. The van der Waals surface area contributed by atoms with Crippen LogP contribution in [0.3, 0.4) is 0 Å². The highest BCUT2D eigenvalue weighted by Gasteiger charge is 2.39. The maximum absolute atomic E-state index is 6.10. The Kier molecular flexibility index (Phi) is 3.45. The summed E-state index contributed by atoms with van der Waals surface area (Å²) in [5.74, 6) is 1.01. The van der Waals surface area contributed by atoms with E-state index in [4.69, 9.17) is 4.74 Å². The van der Waals surface area contributed by atoms with Crippen molar-refractivity contribution in [2.24, 2.45) is 0 Å². The second-order valence-electron chi connectivity index (χ2n) is 6.24. The molecule has 0 amide bonds. The monoisotopic (exact) mass is 312 g/mol. The van der Waals surface area contributed by atoms with Crippen LogP contribution in [-0.4, -0.2) is 29.3 Å². The van der Waals surface area contributed by atoms with E-state index in [1.807, 2.05) is 12.3 Å². The molecule has 0 atom stereocenters. The van der Waals surface area contributed by atoms with Crippen LogP contribution in [0.25, 0.3) is 0 Å². The highest BCUT2D eigenvalue weighted by Crippen LogP contribution is 2.34. The second-order valence-corrected chi connectivity index (χ2v) is 7.04. The topological polar surface area (TPSA) is 25.4 Å². The van der Waals surface area contributed by atoms with E-state index in [2.05, 4.69) is 60.4 Å². The third kappa shape index (κ3) is 2.86. The average molecular weight is 313 g/mol. The molecule has 100 valence electrons. The summed E-state index contributed by atoms with van der Waals surface area (Å²) in [7, 11) is 0. The molecule has 0 aromatic carbocycles. The molecular formula is C14H21BrN2O. The first kappa shape index (κ1) is 13.8. The summed E-state index contributed by atoms with van der Waals surface area (Å²) in [6.45, 7) is 12.3. The average Bonchev–Trinajstić information content (AvgIpc) is 2.17. The lowest BCUT2D eigenvalue weighted by Crippen LogP contribution is -2.57. The van der Waals surface area contributed by atoms with Crippen LogP contribution in [0.5, 0.6) is 0 Å². The van der Waals surface area contributed by atoms with Gasteiger partial charge in [-0.3, -0.25) is 0 Å². The van der Waals surface area contributed by atoms with E-state index in [0.717, 1.165) is 23.4 Å². The highest BCUT2D eigenvalue weighted by molar-refractivity contribution is 9.10. The molecular weight excluding hydrogens is 292 g/mol. The number of hydrogen-bond acceptors (Lipinski definition) is 3. The van der Waals surface area contributed by atoms with Gasteiger partial charge in [-0.25, -0.2) is 4.98 Å². The lowest BCUT2D eigenvalue weighted by Gasteiger charge is -2.47. The van der Waals surface area contributed by atoms with Crippen LogP contribution in [0.1, 0.15) is 33.3 Å². The summed E-state index contributed by atoms with van der Waals surface area (Å²) < 4.78 is 7.18. The van der Waals surface area contributed by atoms with Gasteiger partial charge in [0, 0.05) is 19.3 Å². The molecule has 3 nitrogen and oxygen atoms in total. The minimum atomic E-state index is -0.160. The maximum atomic E-state index is 6.10. The van der Waals surface area contributed by atoms with Crippen molar-refractivity contribution in [3.63, 3.8) is 0 Å². The van der Waals surface area contributed by atoms with Crippen LogP contribution in [0.4, 0.5) is 5.82 Å². The SMILES string of the molecule is Cc1ccnc(N2CC(C)(C)OC(C)(C)C2)c1Br. The predicted molar refractivity (Wildman–Crippen MR) is 78.1 cm³/mol. The quantitative estimate of drug-likeness (QED) is 0.793. The molecule has 0 N–H and O–H groups in total. The number of halogens is 1. The Morgan fingerprint density at radius 1 is 1.22 bits per heavy atom. The van der Waals surface area contributed by atoms with Gasteiger partial charge in [-0.2, -0.15) is 0 Å². The van der Waals surface area contributed by atoms with Gasteiger partial charge >= 0.3 is 0 Å². The fourth-order valence-electron chi connectivity index (χ4n) is 2.68. The van der Waals surface area contributed by atoms with Gasteiger partial charge in [0.1, 0.15) is 5.82 Å². The van der Waals surface area contributed by atoms with E-state index in [-0.39, 0.29) is 11.2 Å². The number of pyridine rings is 1. The third-order valence-electron chi connectivity index (χ3n) is 3.06. The molecule has 2 rings (SSSR count). The maximum Gasteiger partial charge on any atom is 0.143 e. The summed E-state index contributed by atoms with van der Waals surface area (Å²) in [4.78, 5) is 6.82. The molecule has 2 heterocycles. The molecule has 0 saturated carbocycles. The molecule has 0 aliphatic carbocycles. The molecule has 1 aliphatic rings. The number of ether oxygens (including phenoxy) is 1. The molecule has 18 heavy (non-hydrogen) atoms. The lowest BCUT2D eigenvalue weighted by atomic mass is 9.99. The number of morpholine rings is 1. The smallest absolute Gasteiger partial charge is 0.143 e. The standard InChI is InChI=1S/C14H21BrN2O/c1-10-6-7-16-12(11(10)15)17-8-13(2,3)18-14(4,5)9-17/h6-7H,8-9H2,1-5H3. The van der Waals surface area contributed by atoms with Crippen molar-refractivity contribution >= 4 is 21.7 Å². The fraction of sp³-hybridized carbons (Fsp3) is 0.643. The predicted octanol–water partition coefficient (Wildman–Crippen LogP) is 3.55. The Hall–Kier alpha value is -0.610. The van der Waals surface area contributed by atoms with Gasteiger partial charge in [-0.1, -0.05) is 0 Å². The molecule has 0 spiro atoms. The van der Waals surface area contributed by atoms with Gasteiger partial charge < -0.3 is 9.64 Å².